The lowest BCUT2D eigenvalue weighted by molar-refractivity contribution is 1.11. The van der Waals surface area contributed by atoms with Crippen LogP contribution < -0.4 is 5.32 Å². The number of hydrogen-bond donors (Lipinski definition) is 1. The number of nitrogens with zero attached hydrogens (tertiary/aromatic N) is 2. The molecule has 1 aliphatic carbocycles. The van der Waals surface area contributed by atoms with Crippen LogP contribution in [0.2, 0.25) is 0 Å². The van der Waals surface area contributed by atoms with Crippen LogP contribution in [0.4, 0.5) is 11.4 Å². The van der Waals surface area contributed by atoms with E-state index in [9.17, 15) is 0 Å². The van der Waals surface area contributed by atoms with Gasteiger partial charge in [0.15, 0.2) is 0 Å². The van der Waals surface area contributed by atoms with Crippen molar-refractivity contribution < 1.29 is 0 Å². The Bertz CT molecular complexity index is 4210. The number of nitrogens with one attached hydrogen (secondary N) is 1. The van der Waals surface area contributed by atoms with Gasteiger partial charge in [0.2, 0.25) is 0 Å². The standard InChI is InChI=1S/C65H39N3/c1-2-16-46(17-3-1)67-61-27-13-24-53(61)55-37-42(30-32-63(55)67)45-38-57-50-21-7-6-20-49(50)52-23-9-11-26-62(52)68-64-33-29-41(36-56(64)58(39-45)65(57)68)40-28-31-60-54(35-40)44-15-12-14-43(34-44)47-18-4-5-19-48(47)51-22-8-10-25-59(51)66-60/h1-12,14-39,66H. The molecule has 0 atom stereocenters. The van der Waals surface area contributed by atoms with E-state index in [2.05, 4.69) is 251 Å². The van der Waals surface area contributed by atoms with Crippen LogP contribution in [0.5, 0.6) is 0 Å². The van der Waals surface area contributed by atoms with Gasteiger partial charge < -0.3 is 14.5 Å². The van der Waals surface area contributed by atoms with Crippen LogP contribution in [0, 0.1) is 0 Å². The Morgan fingerprint density at radius 3 is 1.72 bits per heavy atom. The van der Waals surface area contributed by atoms with Crippen molar-refractivity contribution in [3.63, 3.8) is 0 Å². The molecule has 0 amide bonds. The van der Waals surface area contributed by atoms with Crippen molar-refractivity contribution >= 4 is 56.2 Å². The fourth-order valence-electron chi connectivity index (χ4n) is 11.5. The van der Waals surface area contributed by atoms with Crippen LogP contribution >= 0.6 is 0 Å². The third kappa shape index (κ3) is 5.36. The lowest BCUT2D eigenvalue weighted by Crippen LogP contribution is -1.99. The molecular weight excluding hydrogens is 823 g/mol. The maximum absolute atomic E-state index is 3.88. The van der Waals surface area contributed by atoms with Gasteiger partial charge in [0.1, 0.15) is 0 Å². The smallest absolute Gasteiger partial charge is 0.0624 e. The maximum Gasteiger partial charge on any atom is 0.0624 e. The Kier molecular flexibility index (Phi) is 7.74. The van der Waals surface area contributed by atoms with Gasteiger partial charge in [-0.1, -0.05) is 140 Å². The first-order chi connectivity index (χ1) is 33.7. The molecule has 0 saturated carbocycles. The van der Waals surface area contributed by atoms with Gasteiger partial charge in [-0.2, -0.15) is 0 Å². The quantitative estimate of drug-likeness (QED) is 0.176. The molecule has 2 aliphatic heterocycles. The van der Waals surface area contributed by atoms with Crippen LogP contribution in [-0.2, 0) is 0 Å². The number of benzene rings is 10. The zero-order valence-corrected chi connectivity index (χ0v) is 36.8. The molecule has 0 spiro atoms. The minimum Gasteiger partial charge on any atom is -0.355 e. The highest BCUT2D eigenvalue weighted by molar-refractivity contribution is 6.18. The van der Waals surface area contributed by atoms with E-state index in [-0.39, 0.29) is 0 Å². The Morgan fingerprint density at radius 1 is 0.324 bits per heavy atom. The van der Waals surface area contributed by atoms with Crippen molar-refractivity contribution in [2.24, 2.45) is 0 Å². The first-order valence-corrected chi connectivity index (χ1v) is 23.4. The SMILES string of the molecule is C1=Cc2c(n(-c3ccccc3)c3ccc(-c4cc5c6c(c4)c4cc(-c7ccc8c(c7)-c7cccc(c7)-c7ccccc7-c7ccccc7N8)ccc4n6-c4ccccc4-c4ccccc4-5)cc23)C=1. The predicted molar refractivity (Wildman–Crippen MR) is 285 cm³/mol. The molecular formula is C65H39N3. The van der Waals surface area contributed by atoms with Crippen molar-refractivity contribution in [3.05, 3.63) is 235 Å². The second kappa shape index (κ2) is 14.2. The van der Waals surface area contributed by atoms with Crippen molar-refractivity contribution in [2.45, 2.75) is 0 Å². The first-order valence-electron chi connectivity index (χ1n) is 23.4. The zero-order chi connectivity index (χ0) is 44.5. The molecule has 68 heavy (non-hydrogen) atoms. The second-order valence-corrected chi connectivity index (χ2v) is 18.3. The van der Waals surface area contributed by atoms with E-state index in [1.165, 1.54) is 128 Å². The summed E-state index contributed by atoms with van der Waals surface area (Å²) in [5.74, 6) is 0. The van der Waals surface area contributed by atoms with E-state index in [0.29, 0.717) is 0 Å². The Hall–Kier alpha value is -9.14. The fourth-order valence-corrected chi connectivity index (χ4v) is 11.5. The first kappa shape index (κ1) is 37.1. The number of rotatable bonds is 3. The summed E-state index contributed by atoms with van der Waals surface area (Å²) in [7, 11) is 0. The highest BCUT2D eigenvalue weighted by Crippen LogP contribution is 2.50. The molecule has 314 valence electrons. The third-order valence-electron chi connectivity index (χ3n) is 14.6. The molecule has 0 fully saturated rings. The maximum atomic E-state index is 3.88. The van der Waals surface area contributed by atoms with Crippen LogP contribution in [0.1, 0.15) is 11.3 Å². The van der Waals surface area contributed by atoms with E-state index < -0.39 is 0 Å². The van der Waals surface area contributed by atoms with Crippen LogP contribution in [0.3, 0.4) is 0 Å². The van der Waals surface area contributed by atoms with Gasteiger partial charge in [-0.15, -0.1) is 5.73 Å². The van der Waals surface area contributed by atoms with Crippen molar-refractivity contribution in [3.8, 4) is 89.3 Å². The molecule has 0 radical (unpaired) electrons. The third-order valence-corrected chi connectivity index (χ3v) is 14.6. The minimum absolute atomic E-state index is 1.08. The topological polar surface area (TPSA) is 21.9 Å². The molecule has 1 N–H and O–H groups in total. The molecule has 0 saturated heterocycles. The summed E-state index contributed by atoms with van der Waals surface area (Å²) in [5.41, 5.74) is 30.8. The Labute approximate surface area is 393 Å². The van der Waals surface area contributed by atoms with Crippen molar-refractivity contribution in [2.75, 3.05) is 5.32 Å². The average molecular weight is 862 g/mol. The zero-order valence-electron chi connectivity index (χ0n) is 36.8. The molecule has 4 heterocycles. The number of aromatic nitrogens is 2. The van der Waals surface area contributed by atoms with Gasteiger partial charge in [0.05, 0.1) is 27.9 Å². The lowest BCUT2D eigenvalue weighted by Gasteiger charge is -2.21. The summed E-state index contributed by atoms with van der Waals surface area (Å²) < 4.78 is 4.88. The summed E-state index contributed by atoms with van der Waals surface area (Å²) >= 11 is 0. The Morgan fingerprint density at radius 2 is 0.897 bits per heavy atom. The minimum atomic E-state index is 1.08. The molecule has 3 heteroatoms. The highest BCUT2D eigenvalue weighted by Gasteiger charge is 2.27. The van der Waals surface area contributed by atoms with E-state index in [4.69, 9.17) is 0 Å². The molecule has 12 aromatic rings. The van der Waals surface area contributed by atoms with E-state index in [0.717, 1.165) is 17.1 Å². The summed E-state index contributed by atoms with van der Waals surface area (Å²) in [6.07, 6.45) is 4.25. The number of anilines is 2. The molecule has 0 unspecified atom stereocenters. The van der Waals surface area contributed by atoms with Gasteiger partial charge in [0, 0.05) is 67.1 Å². The lowest BCUT2D eigenvalue weighted by atomic mass is 9.89. The van der Waals surface area contributed by atoms with Gasteiger partial charge in [-0.05, 0) is 141 Å². The van der Waals surface area contributed by atoms with Crippen molar-refractivity contribution in [1.82, 2.24) is 9.13 Å². The second-order valence-electron chi connectivity index (χ2n) is 18.3. The highest BCUT2D eigenvalue weighted by atomic mass is 15.0. The van der Waals surface area contributed by atoms with Gasteiger partial charge >= 0.3 is 0 Å². The predicted octanol–water partition coefficient (Wildman–Crippen LogP) is 17.4. The van der Waals surface area contributed by atoms with Crippen LogP contribution in [-0.4, -0.2) is 9.13 Å². The number of para-hydroxylation sites is 3. The van der Waals surface area contributed by atoms with Gasteiger partial charge in [-0.3, -0.25) is 0 Å². The summed E-state index contributed by atoms with van der Waals surface area (Å²) in [6.45, 7) is 0. The summed E-state index contributed by atoms with van der Waals surface area (Å²) in [6, 6.07) is 80.8. The Balaban J connectivity index is 0.958. The van der Waals surface area contributed by atoms with Crippen LogP contribution in [0.15, 0.2) is 224 Å². The fraction of sp³-hybridized carbons (Fsp3) is 0. The average Bonchev–Trinajstić information content (AvgIpc) is 4.08. The van der Waals surface area contributed by atoms with E-state index >= 15 is 0 Å². The number of hydrogen-bond acceptors (Lipinski definition) is 1. The molecule has 2 bridgehead atoms. The molecule has 3 nitrogen and oxygen atoms in total. The molecule has 15 rings (SSSR count). The largest absolute Gasteiger partial charge is 0.355 e. The number of fused-ring (bicyclic) bond motifs is 19. The van der Waals surface area contributed by atoms with Crippen LogP contribution in [0.25, 0.3) is 134 Å². The van der Waals surface area contributed by atoms with E-state index in [1.54, 1.807) is 0 Å². The van der Waals surface area contributed by atoms with E-state index in [1.807, 2.05) is 0 Å². The molecule has 2 aromatic heterocycles. The van der Waals surface area contributed by atoms with Crippen molar-refractivity contribution in [1.29, 1.82) is 0 Å². The molecule has 3 aliphatic rings. The van der Waals surface area contributed by atoms with Gasteiger partial charge in [-0.25, -0.2) is 0 Å². The summed E-state index contributed by atoms with van der Waals surface area (Å²) in [4.78, 5) is 0. The monoisotopic (exact) mass is 861 g/mol. The summed E-state index contributed by atoms with van der Waals surface area (Å²) in [5, 5.41) is 7.57. The normalized spacial score (nSPS) is 12.5. The molecule has 10 aromatic carbocycles. The van der Waals surface area contributed by atoms with Gasteiger partial charge in [0.25, 0.3) is 0 Å².